The van der Waals surface area contributed by atoms with Gasteiger partial charge in [-0.25, -0.2) is 4.98 Å². The van der Waals surface area contributed by atoms with Crippen molar-refractivity contribution in [2.45, 2.75) is 20.8 Å². The fourth-order valence-electron chi connectivity index (χ4n) is 0.681. The number of thiazole rings is 1. The maximum atomic E-state index is 10.9. The summed E-state index contributed by atoms with van der Waals surface area (Å²) in [5.74, 6) is 0.820. The van der Waals surface area contributed by atoms with Crippen LogP contribution < -0.4 is 5.32 Å². The van der Waals surface area contributed by atoms with E-state index in [9.17, 15) is 4.79 Å². The molecule has 0 aliphatic rings. The Bertz CT molecular complexity index is 274. The normalized spacial score (nSPS) is 8.86. The lowest BCUT2D eigenvalue weighted by molar-refractivity contribution is 0.102. The van der Waals surface area contributed by atoms with Gasteiger partial charge in [-0.2, -0.15) is 12.6 Å². The van der Waals surface area contributed by atoms with Crippen LogP contribution in [0.1, 0.15) is 30.4 Å². The van der Waals surface area contributed by atoms with Crippen LogP contribution in [0.25, 0.3) is 0 Å². The van der Waals surface area contributed by atoms with E-state index < -0.39 is 0 Å². The molecule has 0 bridgehead atoms. The highest BCUT2D eigenvalue weighted by molar-refractivity contribution is 7.80. The highest BCUT2D eigenvalue weighted by Crippen LogP contribution is 2.17. The van der Waals surface area contributed by atoms with Crippen LogP contribution in [0.4, 0.5) is 5.13 Å². The Hall–Kier alpha value is -0.550. The van der Waals surface area contributed by atoms with E-state index in [0.717, 1.165) is 17.4 Å². The van der Waals surface area contributed by atoms with Crippen LogP contribution in [-0.4, -0.2) is 23.1 Å². The van der Waals surface area contributed by atoms with Crippen molar-refractivity contribution in [3.05, 3.63) is 11.1 Å². The summed E-state index contributed by atoms with van der Waals surface area (Å²) in [7, 11) is 0. The molecule has 0 radical (unpaired) electrons. The van der Waals surface area contributed by atoms with Gasteiger partial charge in [-0.15, -0.1) is 0 Å². The van der Waals surface area contributed by atoms with Crippen LogP contribution >= 0.6 is 24.0 Å². The van der Waals surface area contributed by atoms with Crippen molar-refractivity contribution in [1.29, 1.82) is 0 Å². The number of Topliss-reactive ketones (excluding diaryl/α,β-unsaturated/α-hetero) is 1. The highest BCUT2D eigenvalue weighted by atomic mass is 32.1. The van der Waals surface area contributed by atoms with Gasteiger partial charge >= 0.3 is 0 Å². The number of nitrogens with one attached hydrogen (secondary N) is 1. The first-order valence-electron chi connectivity index (χ1n) is 4.55. The molecule has 14 heavy (non-hydrogen) atoms. The van der Waals surface area contributed by atoms with Gasteiger partial charge in [0, 0.05) is 19.2 Å². The summed E-state index contributed by atoms with van der Waals surface area (Å²) in [6.45, 7) is 6.31. The molecule has 1 aromatic rings. The van der Waals surface area contributed by atoms with Gasteiger partial charge in [-0.3, -0.25) is 4.79 Å². The number of carbonyl (C=O) groups is 1. The molecule has 1 rings (SSSR count). The predicted molar refractivity (Wildman–Crippen MR) is 65.8 cm³/mol. The fraction of sp³-hybridized carbons (Fsp3) is 0.556. The average molecular weight is 232 g/mol. The Morgan fingerprint density at radius 2 is 2.29 bits per heavy atom. The minimum absolute atomic E-state index is 0.0615. The number of carbonyl (C=O) groups excluding carboxylic acids is 1. The van der Waals surface area contributed by atoms with Crippen molar-refractivity contribution in [2.24, 2.45) is 0 Å². The number of hydrogen-bond donors (Lipinski definition) is 2. The van der Waals surface area contributed by atoms with E-state index in [2.05, 4.69) is 22.9 Å². The Balaban J connectivity index is 0.000000791. The summed E-state index contributed by atoms with van der Waals surface area (Å²) in [6.07, 6.45) is 1.59. The van der Waals surface area contributed by atoms with Gasteiger partial charge in [-0.05, 0) is 0 Å². The lowest BCUT2D eigenvalue weighted by atomic mass is 10.4. The lowest BCUT2D eigenvalue weighted by Crippen LogP contribution is -2.01. The molecule has 0 spiro atoms. The molecular formula is C9H16N2OS2. The molecule has 1 aromatic heterocycles. The Morgan fingerprint density at radius 1 is 1.64 bits per heavy atom. The Morgan fingerprint density at radius 3 is 2.71 bits per heavy atom. The second-order valence-corrected chi connectivity index (χ2v) is 3.71. The molecule has 3 nitrogen and oxygen atoms in total. The number of ketones is 1. The van der Waals surface area contributed by atoms with Crippen LogP contribution in [0, 0.1) is 0 Å². The summed E-state index contributed by atoms with van der Waals surface area (Å²) in [4.78, 5) is 15.6. The van der Waals surface area contributed by atoms with Crippen molar-refractivity contribution in [2.75, 3.05) is 17.6 Å². The number of thiol groups is 1. The maximum Gasteiger partial charge on any atom is 0.183 e. The Kier molecular flexibility index (Phi) is 7.51. The topological polar surface area (TPSA) is 42.0 Å². The Labute approximate surface area is 94.4 Å². The molecule has 0 fully saturated rings. The maximum absolute atomic E-state index is 10.9. The first kappa shape index (κ1) is 13.4. The molecule has 80 valence electrons. The third kappa shape index (κ3) is 4.62. The quantitative estimate of drug-likeness (QED) is 0.619. The van der Waals surface area contributed by atoms with E-state index in [1.165, 1.54) is 18.3 Å². The molecule has 1 heterocycles. The van der Waals surface area contributed by atoms with Crippen LogP contribution in [0.3, 0.4) is 0 Å². The molecule has 0 saturated carbocycles. The number of aromatic nitrogens is 1. The van der Waals surface area contributed by atoms with E-state index >= 15 is 0 Å². The number of rotatable bonds is 4. The van der Waals surface area contributed by atoms with Gasteiger partial charge in [0.2, 0.25) is 0 Å². The smallest absolute Gasteiger partial charge is 0.183 e. The summed E-state index contributed by atoms with van der Waals surface area (Å²) < 4.78 is 0. The second kappa shape index (κ2) is 7.82. The first-order chi connectivity index (χ1) is 6.74. The van der Waals surface area contributed by atoms with Gasteiger partial charge in [0.1, 0.15) is 0 Å². The van der Waals surface area contributed by atoms with Gasteiger partial charge in [0.25, 0.3) is 0 Å². The number of anilines is 1. The second-order valence-electron chi connectivity index (χ2n) is 2.24. The molecule has 0 aromatic carbocycles. The summed E-state index contributed by atoms with van der Waals surface area (Å²) in [5, 5.41) is 3.83. The fourth-order valence-corrected chi connectivity index (χ4v) is 1.53. The van der Waals surface area contributed by atoms with Crippen molar-refractivity contribution < 1.29 is 4.79 Å². The van der Waals surface area contributed by atoms with Crippen molar-refractivity contribution in [3.8, 4) is 0 Å². The zero-order chi connectivity index (χ0) is 11.0. The summed E-state index contributed by atoms with van der Waals surface area (Å²) in [5.41, 5.74) is 0. The lowest BCUT2D eigenvalue weighted by Gasteiger charge is -1.95. The van der Waals surface area contributed by atoms with Crippen LogP contribution in [-0.2, 0) is 0 Å². The van der Waals surface area contributed by atoms with Crippen molar-refractivity contribution in [1.82, 2.24) is 4.98 Å². The van der Waals surface area contributed by atoms with Crippen molar-refractivity contribution in [3.63, 3.8) is 0 Å². The monoisotopic (exact) mass is 232 g/mol. The molecule has 0 aliphatic heterocycles. The van der Waals surface area contributed by atoms with Crippen LogP contribution in [0.2, 0.25) is 0 Å². The minimum Gasteiger partial charge on any atom is -0.361 e. The van der Waals surface area contributed by atoms with Gasteiger partial charge < -0.3 is 5.32 Å². The third-order valence-electron chi connectivity index (χ3n) is 1.24. The first-order valence-corrected chi connectivity index (χ1v) is 6.00. The molecular weight excluding hydrogens is 216 g/mol. The van der Waals surface area contributed by atoms with Crippen LogP contribution in [0.5, 0.6) is 0 Å². The number of hydrogen-bond acceptors (Lipinski definition) is 5. The predicted octanol–water partition coefficient (Wildman–Crippen LogP) is 2.71. The van der Waals surface area contributed by atoms with Gasteiger partial charge in [-0.1, -0.05) is 25.2 Å². The zero-order valence-electron chi connectivity index (χ0n) is 8.70. The van der Waals surface area contributed by atoms with Gasteiger partial charge in [0.15, 0.2) is 10.9 Å². The van der Waals surface area contributed by atoms with Gasteiger partial charge in [0.05, 0.1) is 11.1 Å². The third-order valence-corrected chi connectivity index (χ3v) is 2.52. The number of nitrogens with zero attached hydrogens (tertiary/aromatic N) is 1. The minimum atomic E-state index is 0.0615. The molecule has 5 heteroatoms. The SMILES string of the molecule is CC.CC(=O)c1cnc(NCCS)s1. The molecule has 0 saturated heterocycles. The standard InChI is InChI=1S/C7H10N2OS2.C2H6/c1-5(10)6-4-9-7(12-6)8-2-3-11;1-2/h4,11H,2-3H2,1H3,(H,8,9);1-2H3. The highest BCUT2D eigenvalue weighted by Gasteiger charge is 2.04. The summed E-state index contributed by atoms with van der Waals surface area (Å²) in [6, 6.07) is 0. The molecule has 0 unspecified atom stereocenters. The molecule has 0 amide bonds. The van der Waals surface area contributed by atoms with E-state index in [1.807, 2.05) is 13.8 Å². The molecule has 0 atom stereocenters. The van der Waals surface area contributed by atoms with Crippen LogP contribution in [0.15, 0.2) is 6.20 Å². The average Bonchev–Trinajstić information content (AvgIpc) is 2.66. The zero-order valence-corrected chi connectivity index (χ0v) is 10.4. The van der Waals surface area contributed by atoms with Crippen molar-refractivity contribution >= 4 is 34.9 Å². The van der Waals surface area contributed by atoms with E-state index in [-0.39, 0.29) is 5.78 Å². The largest absolute Gasteiger partial charge is 0.361 e. The molecule has 1 N–H and O–H groups in total. The van der Waals surface area contributed by atoms with E-state index in [4.69, 9.17) is 0 Å². The van der Waals surface area contributed by atoms with E-state index in [0.29, 0.717) is 4.88 Å². The summed E-state index contributed by atoms with van der Waals surface area (Å²) >= 11 is 5.42. The van der Waals surface area contributed by atoms with E-state index in [1.54, 1.807) is 6.20 Å². The molecule has 0 aliphatic carbocycles.